The van der Waals surface area contributed by atoms with Crippen LogP contribution in [0.2, 0.25) is 0 Å². The summed E-state index contributed by atoms with van der Waals surface area (Å²) in [7, 11) is 3.52. The molecule has 2 rings (SSSR count). The summed E-state index contributed by atoms with van der Waals surface area (Å²) in [5.41, 5.74) is 0. The third-order valence-electron chi connectivity index (χ3n) is 5.33. The molecule has 1 atom stereocenters. The SMILES string of the molecule is CCN1CCCC1CNC(=NCC(=O)N(C)C)NCCCN1CCOCC1. The van der Waals surface area contributed by atoms with Crippen molar-refractivity contribution in [1.82, 2.24) is 25.3 Å². The monoisotopic (exact) mass is 382 g/mol. The minimum absolute atomic E-state index is 0.0143. The van der Waals surface area contributed by atoms with Gasteiger partial charge in [0.1, 0.15) is 6.54 Å². The van der Waals surface area contributed by atoms with Gasteiger partial charge in [-0.2, -0.15) is 0 Å². The van der Waals surface area contributed by atoms with Crippen molar-refractivity contribution in [2.75, 3.05) is 79.7 Å². The molecule has 2 N–H and O–H groups in total. The summed E-state index contributed by atoms with van der Waals surface area (Å²) in [6, 6.07) is 0.555. The lowest BCUT2D eigenvalue weighted by Crippen LogP contribution is -2.46. The van der Waals surface area contributed by atoms with E-state index in [0.29, 0.717) is 6.04 Å². The van der Waals surface area contributed by atoms with Crippen LogP contribution < -0.4 is 10.6 Å². The number of likely N-dealkylation sites (tertiary alicyclic amines) is 1. The molecule has 156 valence electrons. The molecule has 0 saturated carbocycles. The van der Waals surface area contributed by atoms with E-state index in [1.165, 1.54) is 19.4 Å². The summed E-state index contributed by atoms with van der Waals surface area (Å²) in [5.74, 6) is 0.760. The average molecular weight is 383 g/mol. The smallest absolute Gasteiger partial charge is 0.243 e. The Morgan fingerprint density at radius 3 is 2.70 bits per heavy atom. The van der Waals surface area contributed by atoms with Gasteiger partial charge in [0.2, 0.25) is 5.91 Å². The number of nitrogens with one attached hydrogen (secondary N) is 2. The van der Waals surface area contributed by atoms with Crippen LogP contribution in [0.4, 0.5) is 0 Å². The summed E-state index contributed by atoms with van der Waals surface area (Å²) >= 11 is 0. The molecule has 2 fully saturated rings. The Balaban J connectivity index is 1.77. The first-order valence-electron chi connectivity index (χ1n) is 10.4. The van der Waals surface area contributed by atoms with Gasteiger partial charge in [-0.3, -0.25) is 14.6 Å². The minimum Gasteiger partial charge on any atom is -0.379 e. The highest BCUT2D eigenvalue weighted by Gasteiger charge is 2.22. The zero-order valence-corrected chi connectivity index (χ0v) is 17.4. The van der Waals surface area contributed by atoms with Crippen molar-refractivity contribution in [2.45, 2.75) is 32.2 Å². The number of likely N-dealkylation sites (N-methyl/N-ethyl adjacent to an activating group) is 2. The number of hydrogen-bond acceptors (Lipinski definition) is 5. The van der Waals surface area contributed by atoms with E-state index in [9.17, 15) is 4.79 Å². The van der Waals surface area contributed by atoms with Gasteiger partial charge in [-0.1, -0.05) is 6.92 Å². The lowest BCUT2D eigenvalue weighted by atomic mass is 10.2. The van der Waals surface area contributed by atoms with Crippen LogP contribution >= 0.6 is 0 Å². The first-order chi connectivity index (χ1) is 13.1. The zero-order valence-electron chi connectivity index (χ0n) is 17.4. The third-order valence-corrected chi connectivity index (χ3v) is 5.33. The van der Waals surface area contributed by atoms with Crippen molar-refractivity contribution in [3.05, 3.63) is 0 Å². The number of amides is 1. The molecule has 2 aliphatic rings. The largest absolute Gasteiger partial charge is 0.379 e. The molecule has 2 heterocycles. The average Bonchev–Trinajstić information content (AvgIpc) is 3.14. The van der Waals surface area contributed by atoms with Crippen molar-refractivity contribution >= 4 is 11.9 Å². The number of aliphatic imine (C=N–C) groups is 1. The number of morpholine rings is 1. The fourth-order valence-corrected chi connectivity index (χ4v) is 3.55. The van der Waals surface area contributed by atoms with E-state index in [1.54, 1.807) is 19.0 Å². The van der Waals surface area contributed by atoms with Crippen LogP contribution in [-0.4, -0.2) is 112 Å². The highest BCUT2D eigenvalue weighted by Crippen LogP contribution is 2.15. The molecule has 1 amide bonds. The van der Waals surface area contributed by atoms with E-state index in [0.717, 1.165) is 64.9 Å². The molecule has 0 radical (unpaired) electrons. The Morgan fingerprint density at radius 2 is 2.00 bits per heavy atom. The van der Waals surface area contributed by atoms with Gasteiger partial charge in [0.25, 0.3) is 0 Å². The van der Waals surface area contributed by atoms with Crippen LogP contribution in [0.25, 0.3) is 0 Å². The first-order valence-corrected chi connectivity index (χ1v) is 10.4. The second-order valence-electron chi connectivity index (χ2n) is 7.49. The number of carbonyl (C=O) groups excluding carboxylic acids is 1. The Hall–Kier alpha value is -1.38. The van der Waals surface area contributed by atoms with E-state index in [2.05, 4.69) is 32.3 Å². The number of hydrogen-bond donors (Lipinski definition) is 2. The molecular formula is C19H38N6O2. The topological polar surface area (TPSA) is 72.4 Å². The Labute approximate surface area is 164 Å². The van der Waals surface area contributed by atoms with Crippen molar-refractivity contribution in [2.24, 2.45) is 4.99 Å². The second kappa shape index (κ2) is 12.2. The predicted octanol–water partition coefficient (Wildman–Crippen LogP) is -0.184. The number of guanidine groups is 1. The second-order valence-corrected chi connectivity index (χ2v) is 7.49. The first kappa shape index (κ1) is 21.9. The molecule has 1 unspecified atom stereocenters. The Morgan fingerprint density at radius 1 is 1.22 bits per heavy atom. The molecule has 8 nitrogen and oxygen atoms in total. The maximum atomic E-state index is 11.9. The van der Waals surface area contributed by atoms with Gasteiger partial charge in [0, 0.05) is 46.3 Å². The summed E-state index contributed by atoms with van der Waals surface area (Å²) in [5, 5.41) is 6.85. The molecule has 0 aromatic rings. The number of rotatable bonds is 9. The maximum absolute atomic E-state index is 11.9. The van der Waals surface area contributed by atoms with Crippen LogP contribution in [0.15, 0.2) is 4.99 Å². The van der Waals surface area contributed by atoms with Gasteiger partial charge in [0.15, 0.2) is 5.96 Å². The van der Waals surface area contributed by atoms with Gasteiger partial charge in [-0.05, 0) is 38.9 Å². The molecular weight excluding hydrogens is 344 g/mol. The van der Waals surface area contributed by atoms with Gasteiger partial charge < -0.3 is 20.3 Å². The molecule has 0 aromatic heterocycles. The molecule has 8 heteroatoms. The van der Waals surface area contributed by atoms with Gasteiger partial charge in [-0.15, -0.1) is 0 Å². The van der Waals surface area contributed by atoms with Crippen LogP contribution in [0.1, 0.15) is 26.2 Å². The van der Waals surface area contributed by atoms with Crippen LogP contribution in [0.5, 0.6) is 0 Å². The molecule has 2 aliphatic heterocycles. The molecule has 0 aromatic carbocycles. The van der Waals surface area contributed by atoms with Crippen molar-refractivity contribution in [3.8, 4) is 0 Å². The van der Waals surface area contributed by atoms with E-state index < -0.39 is 0 Å². The van der Waals surface area contributed by atoms with Crippen molar-refractivity contribution in [3.63, 3.8) is 0 Å². The van der Waals surface area contributed by atoms with Crippen molar-refractivity contribution in [1.29, 1.82) is 0 Å². The Kier molecular flexibility index (Phi) is 9.86. The van der Waals surface area contributed by atoms with E-state index in [1.807, 2.05) is 0 Å². The quantitative estimate of drug-likeness (QED) is 0.327. The number of carbonyl (C=O) groups is 1. The molecule has 0 aliphatic carbocycles. The van der Waals surface area contributed by atoms with Gasteiger partial charge in [-0.25, -0.2) is 4.99 Å². The lowest BCUT2D eigenvalue weighted by molar-refractivity contribution is -0.127. The highest BCUT2D eigenvalue weighted by atomic mass is 16.5. The highest BCUT2D eigenvalue weighted by molar-refractivity contribution is 5.84. The van der Waals surface area contributed by atoms with Crippen LogP contribution in [-0.2, 0) is 9.53 Å². The van der Waals surface area contributed by atoms with Gasteiger partial charge >= 0.3 is 0 Å². The molecule has 0 bridgehead atoms. The maximum Gasteiger partial charge on any atom is 0.243 e. The Bertz CT molecular complexity index is 465. The summed E-state index contributed by atoms with van der Waals surface area (Å²) in [6.45, 7) is 11.2. The lowest BCUT2D eigenvalue weighted by Gasteiger charge is -2.27. The standard InChI is InChI=1S/C19H38N6O2/c1-4-25-10-5-7-17(25)15-21-19(22-16-18(26)23(2)3)20-8-6-9-24-11-13-27-14-12-24/h17H,4-16H2,1-3H3,(H2,20,21,22). The summed E-state index contributed by atoms with van der Waals surface area (Å²) in [4.78, 5) is 22.9. The van der Waals surface area contributed by atoms with Crippen molar-refractivity contribution < 1.29 is 9.53 Å². The summed E-state index contributed by atoms with van der Waals surface area (Å²) in [6.07, 6.45) is 3.54. The summed E-state index contributed by atoms with van der Waals surface area (Å²) < 4.78 is 5.39. The minimum atomic E-state index is 0.0143. The molecule has 2 saturated heterocycles. The third kappa shape index (κ3) is 8.02. The fraction of sp³-hybridized carbons (Fsp3) is 0.895. The molecule has 27 heavy (non-hydrogen) atoms. The zero-order chi connectivity index (χ0) is 19.5. The number of nitrogens with zero attached hydrogens (tertiary/aromatic N) is 4. The molecule has 0 spiro atoms. The van der Waals surface area contributed by atoms with Crippen LogP contribution in [0, 0.1) is 0 Å². The van der Waals surface area contributed by atoms with E-state index >= 15 is 0 Å². The van der Waals surface area contributed by atoms with Crippen LogP contribution in [0.3, 0.4) is 0 Å². The van der Waals surface area contributed by atoms with Gasteiger partial charge in [0.05, 0.1) is 13.2 Å². The van der Waals surface area contributed by atoms with E-state index in [-0.39, 0.29) is 12.5 Å². The predicted molar refractivity (Wildman–Crippen MR) is 109 cm³/mol. The number of ether oxygens (including phenoxy) is 1. The fourth-order valence-electron chi connectivity index (χ4n) is 3.55. The van der Waals surface area contributed by atoms with E-state index in [4.69, 9.17) is 4.74 Å². The normalized spacial score (nSPS) is 22.0.